The van der Waals surface area contributed by atoms with Crippen molar-refractivity contribution >= 4 is 28.9 Å². The number of methoxy groups -OCH3 is 1. The van der Waals surface area contributed by atoms with E-state index in [1.54, 1.807) is 6.07 Å². The first-order valence-electron chi connectivity index (χ1n) is 10.5. The third kappa shape index (κ3) is 4.57. The molecular weight excluding hydrogens is 403 g/mol. The van der Waals surface area contributed by atoms with Crippen molar-refractivity contribution in [2.24, 2.45) is 0 Å². The number of aryl methyl sites for hydroxylation is 1. The van der Waals surface area contributed by atoms with E-state index in [9.17, 15) is 14.0 Å². The van der Waals surface area contributed by atoms with E-state index in [1.807, 2.05) is 31.4 Å². The molecule has 1 aromatic heterocycles. The third-order valence-corrected chi connectivity index (χ3v) is 7.17. The number of carbonyl (C=O) groups is 2. The maximum atomic E-state index is 14.5. The van der Waals surface area contributed by atoms with Crippen LogP contribution in [0.5, 0.6) is 0 Å². The average Bonchev–Trinajstić information content (AvgIpc) is 3.10. The summed E-state index contributed by atoms with van der Waals surface area (Å²) < 4.78 is 19.9. The number of hydrogen-bond acceptors (Lipinski definition) is 4. The van der Waals surface area contributed by atoms with Crippen molar-refractivity contribution in [2.45, 2.75) is 52.1 Å². The number of ether oxygens (including phenoxy) is 1. The van der Waals surface area contributed by atoms with E-state index in [0.29, 0.717) is 33.6 Å². The van der Waals surface area contributed by atoms with Crippen LogP contribution in [-0.2, 0) is 16.1 Å². The topological polar surface area (TPSA) is 55.4 Å². The molecule has 1 aromatic carbocycles. The van der Waals surface area contributed by atoms with Crippen molar-refractivity contribution in [2.75, 3.05) is 25.5 Å². The molecule has 0 radical (unpaired) electrons. The van der Waals surface area contributed by atoms with Gasteiger partial charge < -0.3 is 14.5 Å². The Labute approximate surface area is 181 Å². The Kier molecular flexibility index (Phi) is 7.26. The number of thiophene rings is 1. The normalized spacial score (nSPS) is 16.7. The molecule has 5 nitrogen and oxygen atoms in total. The molecule has 30 heavy (non-hydrogen) atoms. The molecule has 2 aromatic rings. The highest BCUT2D eigenvalue weighted by Crippen LogP contribution is 2.32. The van der Waals surface area contributed by atoms with Gasteiger partial charge in [0.05, 0.1) is 25.9 Å². The lowest BCUT2D eigenvalue weighted by molar-refractivity contribution is -0.959. The van der Waals surface area contributed by atoms with Crippen LogP contribution in [-0.4, -0.2) is 42.6 Å². The zero-order chi connectivity index (χ0) is 21.7. The summed E-state index contributed by atoms with van der Waals surface area (Å²) in [5.74, 6) is -0.801. The maximum Gasteiger partial charge on any atom is 0.350 e. The maximum absolute atomic E-state index is 14.5. The highest BCUT2D eigenvalue weighted by atomic mass is 32.1. The van der Waals surface area contributed by atoms with Gasteiger partial charge in [-0.1, -0.05) is 25.1 Å². The smallest absolute Gasteiger partial charge is 0.350 e. The summed E-state index contributed by atoms with van der Waals surface area (Å²) in [4.78, 5) is 26.0. The Morgan fingerprint density at radius 2 is 1.93 bits per heavy atom. The predicted octanol–water partition coefficient (Wildman–Crippen LogP) is 4.90. The standard InChI is InChI=1S/C23H29FN2O3S/c1-4-19(22(27)25-20-16(2)15-30-21(20)23(28)29-3)26(12-8-5-9-13-26)14-17-10-6-7-11-18(17)24/h6-7,10-11,15,19H,4-5,8-9,12-14H2,1-3H3/p+1. The highest BCUT2D eigenvalue weighted by Gasteiger charge is 2.42. The van der Waals surface area contributed by atoms with Crippen LogP contribution in [0.1, 0.15) is 53.4 Å². The number of nitrogens with zero attached hydrogens (tertiary/aromatic N) is 1. The van der Waals surface area contributed by atoms with E-state index in [1.165, 1.54) is 24.5 Å². The molecule has 7 heteroatoms. The minimum absolute atomic E-state index is 0.123. The molecule has 1 aliphatic rings. The largest absolute Gasteiger partial charge is 0.465 e. The van der Waals surface area contributed by atoms with Gasteiger partial charge in [0.15, 0.2) is 6.04 Å². The number of carbonyl (C=O) groups excluding carboxylic acids is 2. The second-order valence-electron chi connectivity index (χ2n) is 8.00. The van der Waals surface area contributed by atoms with Gasteiger partial charge in [-0.25, -0.2) is 9.18 Å². The molecule has 1 N–H and O–H groups in total. The Hall–Kier alpha value is -2.25. The van der Waals surface area contributed by atoms with E-state index < -0.39 is 5.97 Å². The average molecular weight is 434 g/mol. The number of hydrogen-bond donors (Lipinski definition) is 1. The second-order valence-corrected chi connectivity index (χ2v) is 8.88. The van der Waals surface area contributed by atoms with Crippen LogP contribution in [0.2, 0.25) is 0 Å². The molecule has 1 amide bonds. The lowest BCUT2D eigenvalue weighted by Gasteiger charge is -2.46. The zero-order valence-corrected chi connectivity index (χ0v) is 18.7. The summed E-state index contributed by atoms with van der Waals surface area (Å²) in [5.41, 5.74) is 2.01. The van der Waals surface area contributed by atoms with E-state index in [4.69, 9.17) is 4.74 Å². The first kappa shape index (κ1) is 22.4. The van der Waals surface area contributed by atoms with Gasteiger partial charge in [-0.2, -0.15) is 0 Å². The molecule has 3 rings (SSSR count). The third-order valence-electron chi connectivity index (χ3n) is 6.09. The van der Waals surface area contributed by atoms with Crippen molar-refractivity contribution in [3.63, 3.8) is 0 Å². The summed E-state index contributed by atoms with van der Waals surface area (Å²) in [6, 6.07) is 6.50. The fourth-order valence-corrected chi connectivity index (χ4v) is 5.48. The number of benzene rings is 1. The number of halogens is 1. The van der Waals surface area contributed by atoms with Crippen LogP contribution in [0.15, 0.2) is 29.6 Å². The fourth-order valence-electron chi connectivity index (χ4n) is 4.56. The molecule has 0 saturated carbocycles. The van der Waals surface area contributed by atoms with Gasteiger partial charge in [-0.05, 0) is 43.2 Å². The van der Waals surface area contributed by atoms with Crippen LogP contribution in [0.4, 0.5) is 10.1 Å². The SMILES string of the molecule is CCC(C(=O)Nc1c(C)csc1C(=O)OC)[N+]1(Cc2ccccc2F)CCCCC1. The van der Waals surface area contributed by atoms with Gasteiger partial charge in [0.1, 0.15) is 17.2 Å². The van der Waals surface area contributed by atoms with Crippen molar-refractivity contribution in [1.82, 2.24) is 0 Å². The minimum Gasteiger partial charge on any atom is -0.465 e. The van der Waals surface area contributed by atoms with Crippen molar-refractivity contribution in [1.29, 1.82) is 0 Å². The quantitative estimate of drug-likeness (QED) is 0.499. The molecule has 0 bridgehead atoms. The van der Waals surface area contributed by atoms with Gasteiger partial charge in [-0.15, -0.1) is 11.3 Å². The monoisotopic (exact) mass is 433 g/mol. The molecule has 0 aliphatic carbocycles. The van der Waals surface area contributed by atoms with Crippen molar-refractivity contribution in [3.05, 3.63) is 51.5 Å². The Morgan fingerprint density at radius 1 is 1.23 bits per heavy atom. The number of likely N-dealkylation sites (tertiary alicyclic amines) is 1. The zero-order valence-electron chi connectivity index (χ0n) is 17.9. The molecule has 1 atom stereocenters. The highest BCUT2D eigenvalue weighted by molar-refractivity contribution is 7.12. The number of nitrogens with one attached hydrogen (secondary N) is 1. The van der Waals surface area contributed by atoms with Crippen LogP contribution in [0.3, 0.4) is 0 Å². The molecule has 2 heterocycles. The van der Waals surface area contributed by atoms with Crippen LogP contribution < -0.4 is 5.32 Å². The van der Waals surface area contributed by atoms with Gasteiger partial charge in [0, 0.05) is 12.0 Å². The lowest BCUT2D eigenvalue weighted by Crippen LogP contribution is -2.61. The first-order chi connectivity index (χ1) is 14.4. The molecule has 162 valence electrons. The van der Waals surface area contributed by atoms with Crippen molar-refractivity contribution in [3.8, 4) is 0 Å². The Balaban J connectivity index is 1.91. The van der Waals surface area contributed by atoms with E-state index in [2.05, 4.69) is 5.32 Å². The van der Waals surface area contributed by atoms with Gasteiger partial charge in [-0.3, -0.25) is 4.79 Å². The van der Waals surface area contributed by atoms with Gasteiger partial charge in [0.2, 0.25) is 0 Å². The second kappa shape index (κ2) is 9.71. The van der Waals surface area contributed by atoms with Crippen LogP contribution in [0.25, 0.3) is 0 Å². The molecule has 1 aliphatic heterocycles. The summed E-state index contributed by atoms with van der Waals surface area (Å²) in [6.45, 7) is 6.04. The summed E-state index contributed by atoms with van der Waals surface area (Å²) in [7, 11) is 1.33. The number of rotatable bonds is 7. The van der Waals surface area contributed by atoms with Crippen LogP contribution >= 0.6 is 11.3 Å². The first-order valence-corrected chi connectivity index (χ1v) is 11.4. The number of anilines is 1. The minimum atomic E-state index is -0.454. The number of esters is 1. The van der Waals surface area contributed by atoms with Gasteiger partial charge >= 0.3 is 5.97 Å². The van der Waals surface area contributed by atoms with Crippen LogP contribution in [0, 0.1) is 12.7 Å². The molecule has 1 unspecified atom stereocenters. The van der Waals surface area contributed by atoms with E-state index in [0.717, 1.165) is 37.9 Å². The summed E-state index contributed by atoms with van der Waals surface area (Å²) in [6.07, 6.45) is 3.80. The lowest BCUT2D eigenvalue weighted by atomic mass is 9.98. The molecule has 1 saturated heterocycles. The van der Waals surface area contributed by atoms with E-state index in [-0.39, 0.29) is 17.8 Å². The Bertz CT molecular complexity index is 906. The molecular formula is C23H30FN2O3S+. The molecule has 0 spiro atoms. The number of amides is 1. The van der Waals surface area contributed by atoms with E-state index >= 15 is 0 Å². The Morgan fingerprint density at radius 3 is 2.57 bits per heavy atom. The predicted molar refractivity (Wildman–Crippen MR) is 117 cm³/mol. The molecule has 1 fully saturated rings. The summed E-state index contributed by atoms with van der Waals surface area (Å²) in [5, 5.41) is 4.85. The summed E-state index contributed by atoms with van der Waals surface area (Å²) >= 11 is 1.27. The van der Waals surface area contributed by atoms with Crippen molar-refractivity contribution < 1.29 is 23.2 Å². The number of piperidine rings is 1. The van der Waals surface area contributed by atoms with Gasteiger partial charge in [0.25, 0.3) is 5.91 Å². The number of quaternary nitrogens is 1. The fraction of sp³-hybridized carbons (Fsp3) is 0.478.